The van der Waals surface area contributed by atoms with E-state index < -0.39 is 9.84 Å². The topological polar surface area (TPSA) is 83.5 Å². The fourth-order valence-corrected chi connectivity index (χ4v) is 2.31. The van der Waals surface area contributed by atoms with Crippen molar-refractivity contribution < 1.29 is 18.3 Å². The Labute approximate surface area is 113 Å². The lowest BCUT2D eigenvalue weighted by atomic mass is 10.1. The van der Waals surface area contributed by atoms with Crippen molar-refractivity contribution >= 4 is 15.7 Å². The first-order valence-electron chi connectivity index (χ1n) is 6.06. The number of sulfone groups is 1. The van der Waals surface area contributed by atoms with E-state index in [0.717, 1.165) is 6.26 Å². The third kappa shape index (κ3) is 5.00. The number of aliphatic hydroxyl groups is 1. The Balaban J connectivity index is 2.78. The van der Waals surface area contributed by atoms with Crippen molar-refractivity contribution in [2.24, 2.45) is 0 Å². The summed E-state index contributed by atoms with van der Waals surface area (Å²) in [6.45, 7) is 1.93. The van der Waals surface area contributed by atoms with Crippen molar-refractivity contribution in [1.29, 1.82) is 0 Å². The Morgan fingerprint density at radius 3 is 2.68 bits per heavy atom. The highest BCUT2D eigenvalue weighted by atomic mass is 32.2. The van der Waals surface area contributed by atoms with E-state index in [1.807, 2.05) is 6.92 Å². The lowest BCUT2D eigenvalue weighted by Gasteiger charge is -2.13. The molecule has 6 heteroatoms. The van der Waals surface area contributed by atoms with Gasteiger partial charge in [-0.05, 0) is 38.0 Å². The lowest BCUT2D eigenvalue weighted by molar-refractivity contribution is 0.0936. The second-order valence-corrected chi connectivity index (χ2v) is 6.56. The van der Waals surface area contributed by atoms with Crippen LogP contribution in [-0.2, 0) is 9.84 Å². The average Bonchev–Trinajstić information content (AvgIpc) is 2.35. The number of amides is 1. The summed E-state index contributed by atoms with van der Waals surface area (Å²) in [5.74, 6) is -0.309. The van der Waals surface area contributed by atoms with Crippen molar-refractivity contribution in [3.8, 4) is 0 Å². The van der Waals surface area contributed by atoms with E-state index in [9.17, 15) is 13.2 Å². The molecule has 2 N–H and O–H groups in total. The molecule has 1 aromatic rings. The van der Waals surface area contributed by atoms with Gasteiger partial charge in [0.05, 0.1) is 4.90 Å². The zero-order valence-corrected chi connectivity index (χ0v) is 11.9. The van der Waals surface area contributed by atoms with Gasteiger partial charge in [-0.25, -0.2) is 8.42 Å². The monoisotopic (exact) mass is 285 g/mol. The molecule has 0 saturated heterocycles. The Morgan fingerprint density at radius 2 is 2.11 bits per heavy atom. The van der Waals surface area contributed by atoms with Gasteiger partial charge in [0.2, 0.25) is 0 Å². The molecule has 0 aromatic heterocycles. The largest absolute Gasteiger partial charge is 0.396 e. The van der Waals surface area contributed by atoms with E-state index in [0.29, 0.717) is 18.4 Å². The summed E-state index contributed by atoms with van der Waals surface area (Å²) in [4.78, 5) is 12.1. The van der Waals surface area contributed by atoms with Gasteiger partial charge in [0.25, 0.3) is 5.91 Å². The molecular weight excluding hydrogens is 266 g/mol. The minimum absolute atomic E-state index is 0.0680. The number of carbonyl (C=O) groups is 1. The molecule has 0 bridgehead atoms. The van der Waals surface area contributed by atoms with Crippen molar-refractivity contribution in [3.05, 3.63) is 29.8 Å². The Hall–Kier alpha value is -1.40. The van der Waals surface area contributed by atoms with Crippen LogP contribution in [0.4, 0.5) is 0 Å². The third-order valence-corrected chi connectivity index (χ3v) is 3.81. The maximum atomic E-state index is 11.9. The number of hydrogen-bond donors (Lipinski definition) is 2. The smallest absolute Gasteiger partial charge is 0.251 e. The predicted molar refractivity (Wildman–Crippen MR) is 72.8 cm³/mol. The van der Waals surface area contributed by atoms with Gasteiger partial charge in [-0.2, -0.15) is 0 Å². The molecule has 0 fully saturated rings. The van der Waals surface area contributed by atoms with E-state index in [1.54, 1.807) is 12.1 Å². The maximum Gasteiger partial charge on any atom is 0.251 e. The molecule has 1 rings (SSSR count). The molecule has 1 aromatic carbocycles. The summed E-state index contributed by atoms with van der Waals surface area (Å²) >= 11 is 0. The van der Waals surface area contributed by atoms with E-state index in [4.69, 9.17) is 5.11 Å². The van der Waals surface area contributed by atoms with E-state index in [1.165, 1.54) is 12.1 Å². The van der Waals surface area contributed by atoms with Crippen LogP contribution in [0.3, 0.4) is 0 Å². The van der Waals surface area contributed by atoms with Gasteiger partial charge in [0.1, 0.15) is 0 Å². The normalized spacial score (nSPS) is 13.0. The Morgan fingerprint density at radius 1 is 1.42 bits per heavy atom. The van der Waals surface area contributed by atoms with Gasteiger partial charge in [0, 0.05) is 24.5 Å². The summed E-state index contributed by atoms with van der Waals surface area (Å²) in [6, 6.07) is 5.87. The fraction of sp³-hybridized carbons (Fsp3) is 0.462. The van der Waals surface area contributed by atoms with Crippen LogP contribution >= 0.6 is 0 Å². The molecule has 19 heavy (non-hydrogen) atoms. The van der Waals surface area contributed by atoms with Crippen molar-refractivity contribution in [1.82, 2.24) is 5.32 Å². The highest BCUT2D eigenvalue weighted by Gasteiger charge is 2.13. The summed E-state index contributed by atoms with van der Waals surface area (Å²) in [5.41, 5.74) is 0.318. The molecule has 0 spiro atoms. The zero-order valence-electron chi connectivity index (χ0n) is 11.1. The SMILES string of the molecule is CC(CCCO)NC(=O)c1cccc(S(C)(=O)=O)c1. The molecule has 0 radical (unpaired) electrons. The highest BCUT2D eigenvalue weighted by Crippen LogP contribution is 2.11. The molecule has 1 amide bonds. The second-order valence-electron chi connectivity index (χ2n) is 4.54. The predicted octanol–water partition coefficient (Wildman–Crippen LogP) is 0.981. The van der Waals surface area contributed by atoms with E-state index in [-0.39, 0.29) is 23.5 Å². The quantitative estimate of drug-likeness (QED) is 0.816. The first-order chi connectivity index (χ1) is 8.84. The number of nitrogens with one attached hydrogen (secondary N) is 1. The number of aliphatic hydroxyl groups excluding tert-OH is 1. The van der Waals surface area contributed by atoms with Crippen LogP contribution in [0.25, 0.3) is 0 Å². The zero-order chi connectivity index (χ0) is 14.5. The van der Waals surface area contributed by atoms with Crippen LogP contribution in [0.2, 0.25) is 0 Å². The molecule has 1 atom stereocenters. The molecule has 106 valence electrons. The van der Waals surface area contributed by atoms with Crippen LogP contribution in [0, 0.1) is 0 Å². The van der Waals surface area contributed by atoms with Gasteiger partial charge in [-0.1, -0.05) is 6.07 Å². The molecule has 0 aliphatic rings. The minimum atomic E-state index is -3.31. The van der Waals surface area contributed by atoms with Gasteiger partial charge < -0.3 is 10.4 Å². The van der Waals surface area contributed by atoms with Crippen molar-refractivity contribution in [2.45, 2.75) is 30.7 Å². The van der Waals surface area contributed by atoms with Crippen LogP contribution < -0.4 is 5.32 Å². The minimum Gasteiger partial charge on any atom is -0.396 e. The summed E-state index contributed by atoms with van der Waals surface area (Å²) in [5, 5.41) is 11.5. The molecule has 0 heterocycles. The van der Waals surface area contributed by atoms with E-state index in [2.05, 4.69) is 5.32 Å². The first kappa shape index (κ1) is 15.7. The van der Waals surface area contributed by atoms with Crippen molar-refractivity contribution in [3.63, 3.8) is 0 Å². The van der Waals surface area contributed by atoms with Gasteiger partial charge >= 0.3 is 0 Å². The van der Waals surface area contributed by atoms with Gasteiger partial charge in [0.15, 0.2) is 9.84 Å². The summed E-state index contributed by atoms with van der Waals surface area (Å²) in [7, 11) is -3.31. The number of rotatable bonds is 6. The molecule has 5 nitrogen and oxygen atoms in total. The van der Waals surface area contributed by atoms with E-state index >= 15 is 0 Å². The molecule has 0 aliphatic carbocycles. The molecule has 0 aliphatic heterocycles. The van der Waals surface area contributed by atoms with Crippen LogP contribution in [0.15, 0.2) is 29.2 Å². The van der Waals surface area contributed by atoms with Gasteiger partial charge in [-0.15, -0.1) is 0 Å². The molecule has 1 unspecified atom stereocenters. The first-order valence-corrected chi connectivity index (χ1v) is 7.95. The molecule has 0 saturated carbocycles. The second kappa shape index (κ2) is 6.68. The lowest BCUT2D eigenvalue weighted by Crippen LogP contribution is -2.32. The number of carbonyl (C=O) groups excluding carboxylic acids is 1. The summed E-state index contributed by atoms with van der Waals surface area (Å²) < 4.78 is 22.8. The third-order valence-electron chi connectivity index (χ3n) is 2.70. The Bertz CT molecular complexity index is 539. The van der Waals surface area contributed by atoms with Gasteiger partial charge in [-0.3, -0.25) is 4.79 Å². The average molecular weight is 285 g/mol. The maximum absolute atomic E-state index is 11.9. The highest BCUT2D eigenvalue weighted by molar-refractivity contribution is 7.90. The number of benzene rings is 1. The Kier molecular flexibility index (Phi) is 5.50. The number of hydrogen-bond acceptors (Lipinski definition) is 4. The van der Waals surface area contributed by atoms with Crippen LogP contribution in [0.1, 0.15) is 30.1 Å². The standard InChI is InChI=1S/C13H19NO4S/c1-10(5-4-8-15)14-13(16)11-6-3-7-12(9-11)19(2,17)18/h3,6-7,9-10,15H,4-5,8H2,1-2H3,(H,14,16). The summed E-state index contributed by atoms with van der Waals surface area (Å²) in [6.07, 6.45) is 2.40. The fourth-order valence-electron chi connectivity index (χ4n) is 1.64. The molecular formula is C13H19NO4S. The van der Waals surface area contributed by atoms with Crippen LogP contribution in [-0.4, -0.2) is 38.3 Å². The van der Waals surface area contributed by atoms with Crippen molar-refractivity contribution in [2.75, 3.05) is 12.9 Å². The van der Waals surface area contributed by atoms with Crippen LogP contribution in [0.5, 0.6) is 0 Å².